The number of imidazole rings is 1. The molecule has 0 aliphatic rings. The van der Waals surface area contributed by atoms with Gasteiger partial charge in [0.2, 0.25) is 0 Å². The minimum Gasteiger partial charge on any atom is -0.373 e. The number of rotatable bonds is 9. The van der Waals surface area contributed by atoms with E-state index in [1.807, 2.05) is 72.8 Å². The summed E-state index contributed by atoms with van der Waals surface area (Å²) < 4.78 is 0. The van der Waals surface area contributed by atoms with Crippen molar-refractivity contribution >= 4 is 34.4 Å². The van der Waals surface area contributed by atoms with Crippen LogP contribution in [0.4, 0.5) is 0 Å². The molecule has 1 atom stereocenters. The Morgan fingerprint density at radius 2 is 1.74 bits per heavy atom. The van der Waals surface area contributed by atoms with Crippen molar-refractivity contribution in [2.75, 3.05) is 12.4 Å². The quantitative estimate of drug-likeness (QED) is 0.0858. The largest absolute Gasteiger partial charge is 0.373 e. The van der Waals surface area contributed by atoms with E-state index in [1.54, 1.807) is 0 Å². The fourth-order valence-corrected chi connectivity index (χ4v) is 3.92. The molecule has 0 radical (unpaired) electrons. The number of para-hydroxylation sites is 2. The fraction of sp³-hybridized carbons (Fsp3) is 0.179. The number of amidine groups is 1. The molecular formula is C28H26ClN5O. The summed E-state index contributed by atoms with van der Waals surface area (Å²) in [5.74, 6) is 3.58. The van der Waals surface area contributed by atoms with Gasteiger partial charge >= 0.3 is 0 Å². The SMILES string of the molecule is C#Cc1ccc(-c2ccc(C(=O)N[C@@H](CCCNC(=N)CCl)c3nc4ccccc4[nH]3)cc2)cc1. The normalized spacial score (nSPS) is 11.5. The first-order valence-corrected chi connectivity index (χ1v) is 11.9. The van der Waals surface area contributed by atoms with E-state index in [-0.39, 0.29) is 23.7 Å². The molecule has 1 aromatic heterocycles. The number of carbonyl (C=O) groups is 1. The van der Waals surface area contributed by atoms with E-state index in [0.717, 1.165) is 34.1 Å². The van der Waals surface area contributed by atoms with E-state index in [0.29, 0.717) is 24.4 Å². The van der Waals surface area contributed by atoms with Crippen LogP contribution in [0.15, 0.2) is 72.8 Å². The van der Waals surface area contributed by atoms with E-state index in [4.69, 9.17) is 23.4 Å². The molecule has 0 fully saturated rings. The third-order valence-corrected chi connectivity index (χ3v) is 5.98. The van der Waals surface area contributed by atoms with E-state index in [9.17, 15) is 4.79 Å². The van der Waals surface area contributed by atoms with Crippen LogP contribution < -0.4 is 10.6 Å². The number of aromatic nitrogens is 2. The summed E-state index contributed by atoms with van der Waals surface area (Å²) in [4.78, 5) is 21.1. The van der Waals surface area contributed by atoms with Gasteiger partial charge in [-0.2, -0.15) is 0 Å². The van der Waals surface area contributed by atoms with E-state index in [1.165, 1.54) is 0 Å². The number of hydrogen-bond donors (Lipinski definition) is 4. The van der Waals surface area contributed by atoms with Crippen molar-refractivity contribution in [3.63, 3.8) is 0 Å². The van der Waals surface area contributed by atoms with Gasteiger partial charge in [-0.1, -0.05) is 42.3 Å². The molecule has 0 bridgehead atoms. The van der Waals surface area contributed by atoms with Crippen LogP contribution in [-0.2, 0) is 0 Å². The number of alkyl halides is 1. The van der Waals surface area contributed by atoms with Gasteiger partial charge in [0.1, 0.15) is 11.7 Å². The molecule has 0 saturated carbocycles. The predicted octanol–water partition coefficient (Wildman–Crippen LogP) is 5.27. The number of nitrogens with zero attached hydrogens (tertiary/aromatic N) is 1. The first kappa shape index (κ1) is 24.1. The van der Waals surface area contributed by atoms with Gasteiger partial charge in [0.25, 0.3) is 5.91 Å². The number of fused-ring (bicyclic) bond motifs is 1. The van der Waals surface area contributed by atoms with Crippen molar-refractivity contribution in [2.45, 2.75) is 18.9 Å². The van der Waals surface area contributed by atoms with Gasteiger partial charge in [-0.15, -0.1) is 18.0 Å². The van der Waals surface area contributed by atoms with Crippen LogP contribution >= 0.6 is 11.6 Å². The second kappa shape index (κ2) is 11.4. The van der Waals surface area contributed by atoms with Crippen molar-refractivity contribution in [3.8, 4) is 23.5 Å². The van der Waals surface area contributed by atoms with E-state index >= 15 is 0 Å². The van der Waals surface area contributed by atoms with Crippen LogP contribution in [-0.4, -0.2) is 34.1 Å². The summed E-state index contributed by atoms with van der Waals surface area (Å²) in [6.45, 7) is 0.589. The molecule has 4 rings (SSSR count). The number of benzene rings is 3. The van der Waals surface area contributed by atoms with Gasteiger partial charge in [0.05, 0.1) is 23.0 Å². The number of amides is 1. The van der Waals surface area contributed by atoms with Crippen LogP contribution in [0.2, 0.25) is 0 Å². The second-order valence-electron chi connectivity index (χ2n) is 8.15. The third kappa shape index (κ3) is 6.08. The molecule has 0 saturated heterocycles. The highest BCUT2D eigenvalue weighted by Gasteiger charge is 2.19. The minimum atomic E-state index is -0.308. The predicted molar refractivity (Wildman–Crippen MR) is 142 cm³/mol. The molecule has 1 heterocycles. The summed E-state index contributed by atoms with van der Waals surface area (Å²) in [7, 11) is 0. The van der Waals surface area contributed by atoms with Crippen molar-refractivity contribution in [1.82, 2.24) is 20.6 Å². The minimum absolute atomic E-state index is 0.147. The third-order valence-electron chi connectivity index (χ3n) is 5.72. The van der Waals surface area contributed by atoms with Gasteiger partial charge in [0, 0.05) is 17.7 Å². The van der Waals surface area contributed by atoms with Gasteiger partial charge < -0.3 is 15.6 Å². The first-order valence-electron chi connectivity index (χ1n) is 11.4. The zero-order valence-electron chi connectivity index (χ0n) is 19.1. The number of terminal acetylenes is 1. The number of halogens is 1. The Kier molecular flexibility index (Phi) is 7.81. The molecule has 7 heteroatoms. The summed E-state index contributed by atoms with van der Waals surface area (Å²) in [6, 6.07) is 22.7. The molecule has 0 aliphatic heterocycles. The maximum atomic E-state index is 13.1. The molecule has 176 valence electrons. The first-order chi connectivity index (χ1) is 17.1. The topological polar surface area (TPSA) is 93.7 Å². The summed E-state index contributed by atoms with van der Waals surface area (Å²) in [6.07, 6.45) is 6.81. The monoisotopic (exact) mass is 483 g/mol. The van der Waals surface area contributed by atoms with Crippen LogP contribution in [0.25, 0.3) is 22.2 Å². The molecule has 3 aromatic carbocycles. The zero-order chi connectivity index (χ0) is 24.6. The Labute approximate surface area is 209 Å². The molecule has 0 unspecified atom stereocenters. The van der Waals surface area contributed by atoms with Crippen molar-refractivity contribution in [1.29, 1.82) is 5.41 Å². The Morgan fingerprint density at radius 1 is 1.06 bits per heavy atom. The summed E-state index contributed by atoms with van der Waals surface area (Å²) in [5.41, 5.74) is 5.21. The smallest absolute Gasteiger partial charge is 0.251 e. The Balaban J connectivity index is 1.48. The molecule has 0 spiro atoms. The van der Waals surface area contributed by atoms with Crippen LogP contribution in [0, 0.1) is 17.8 Å². The van der Waals surface area contributed by atoms with Crippen molar-refractivity contribution < 1.29 is 4.79 Å². The molecular weight excluding hydrogens is 458 g/mol. The molecule has 6 nitrogen and oxygen atoms in total. The lowest BCUT2D eigenvalue weighted by molar-refractivity contribution is 0.0932. The average molecular weight is 484 g/mol. The van der Waals surface area contributed by atoms with Gasteiger partial charge in [-0.3, -0.25) is 10.2 Å². The standard InChI is InChI=1S/C28H26ClN5O/c1-2-19-9-11-20(12-10-19)21-13-15-22(16-14-21)28(35)34-25(8-5-17-31-26(30)18-29)27-32-23-6-3-4-7-24(23)33-27/h1,3-4,6-7,9-16,25H,5,8,17-18H2,(H2,30,31)(H,32,33)(H,34,35)/t25-/m0/s1. The molecule has 4 N–H and O–H groups in total. The summed E-state index contributed by atoms with van der Waals surface area (Å²) >= 11 is 5.67. The Hall–Kier alpha value is -4.08. The molecule has 4 aromatic rings. The fourth-order valence-electron chi connectivity index (χ4n) is 3.82. The number of nitrogens with one attached hydrogen (secondary N) is 4. The van der Waals surface area contributed by atoms with Crippen molar-refractivity contribution in [3.05, 3.63) is 89.7 Å². The molecule has 35 heavy (non-hydrogen) atoms. The number of carbonyl (C=O) groups excluding carboxylic acids is 1. The van der Waals surface area contributed by atoms with Crippen molar-refractivity contribution in [2.24, 2.45) is 0 Å². The lowest BCUT2D eigenvalue weighted by atomic mass is 10.0. The highest BCUT2D eigenvalue weighted by atomic mass is 35.5. The summed E-state index contributed by atoms with van der Waals surface area (Å²) in [5, 5.41) is 13.7. The Morgan fingerprint density at radius 3 is 2.40 bits per heavy atom. The van der Waals surface area contributed by atoms with E-state index < -0.39 is 0 Å². The zero-order valence-corrected chi connectivity index (χ0v) is 19.9. The molecule has 0 aliphatic carbocycles. The average Bonchev–Trinajstić information content (AvgIpc) is 3.34. The highest BCUT2D eigenvalue weighted by Crippen LogP contribution is 2.23. The van der Waals surface area contributed by atoms with Gasteiger partial charge in [0.15, 0.2) is 0 Å². The van der Waals surface area contributed by atoms with Crippen LogP contribution in [0.3, 0.4) is 0 Å². The lowest BCUT2D eigenvalue weighted by Crippen LogP contribution is -2.31. The maximum Gasteiger partial charge on any atom is 0.251 e. The number of aromatic amines is 1. The number of H-pyrrole nitrogens is 1. The number of hydrogen-bond acceptors (Lipinski definition) is 3. The second-order valence-corrected chi connectivity index (χ2v) is 8.41. The van der Waals surface area contributed by atoms with Gasteiger partial charge in [-0.25, -0.2) is 4.98 Å². The lowest BCUT2D eigenvalue weighted by Gasteiger charge is -2.17. The van der Waals surface area contributed by atoms with Crippen LogP contribution in [0.5, 0.6) is 0 Å². The van der Waals surface area contributed by atoms with Crippen LogP contribution in [0.1, 0.15) is 40.6 Å². The highest BCUT2D eigenvalue weighted by molar-refractivity contribution is 6.27. The maximum absolute atomic E-state index is 13.1. The van der Waals surface area contributed by atoms with Gasteiger partial charge in [-0.05, 0) is 60.4 Å². The Bertz CT molecular complexity index is 1320. The van der Waals surface area contributed by atoms with E-state index in [2.05, 4.69) is 26.5 Å². The molecule has 1 amide bonds.